The molecule has 4 heteroatoms. The average molecular weight is 623 g/mol. The molecule has 0 N–H and O–H groups in total. The third kappa shape index (κ3) is 2.93. The summed E-state index contributed by atoms with van der Waals surface area (Å²) in [4.78, 5) is 10.2. The number of benzene rings is 7. The second kappa shape index (κ2) is 8.88. The number of hydrogen-bond donors (Lipinski definition) is 0. The van der Waals surface area contributed by atoms with E-state index in [0.717, 1.165) is 27.8 Å². The normalized spacial score (nSPS) is 13.9. The molecule has 0 amide bonds. The number of rotatable bonds is 2. The van der Waals surface area contributed by atoms with Crippen molar-refractivity contribution in [2.24, 2.45) is 0 Å². The monoisotopic (exact) mass is 622 g/mol. The highest BCUT2D eigenvalue weighted by Gasteiger charge is 2.49. The van der Waals surface area contributed by atoms with Gasteiger partial charge in [-0.2, -0.15) is 0 Å². The lowest BCUT2D eigenvalue weighted by Crippen LogP contribution is -2.30. The Hall–Kier alpha value is -6.52. The van der Waals surface area contributed by atoms with E-state index in [9.17, 15) is 0 Å². The average Bonchev–Trinajstić information content (AvgIpc) is 3.79. The molecule has 7 aromatic carbocycles. The molecule has 0 aliphatic heterocycles. The van der Waals surface area contributed by atoms with Crippen molar-refractivity contribution in [3.63, 3.8) is 0 Å². The Morgan fingerprint density at radius 2 is 0.918 bits per heavy atom. The van der Waals surface area contributed by atoms with Gasteiger partial charge in [-0.25, -0.2) is 9.97 Å². The van der Waals surface area contributed by atoms with Crippen LogP contribution in [0.3, 0.4) is 0 Å². The van der Waals surface area contributed by atoms with Gasteiger partial charge in [-0.05, 0) is 68.4 Å². The molecule has 3 aromatic heterocycles. The molecular weight excluding hydrogens is 597 g/mol. The Morgan fingerprint density at radius 1 is 0.388 bits per heavy atom. The molecule has 0 saturated carbocycles. The maximum absolute atomic E-state index is 5.11. The van der Waals surface area contributed by atoms with Crippen molar-refractivity contribution in [3.05, 3.63) is 180 Å². The molecule has 10 aromatic rings. The van der Waals surface area contributed by atoms with Crippen LogP contribution in [-0.2, 0) is 5.41 Å². The molecule has 0 unspecified atom stereocenters. The maximum atomic E-state index is 5.11. The molecule has 0 saturated heterocycles. The topological polar surface area (TPSA) is 35.6 Å². The zero-order valence-corrected chi connectivity index (χ0v) is 26.3. The fourth-order valence-corrected chi connectivity index (χ4v) is 9.47. The van der Waals surface area contributed by atoms with Crippen molar-refractivity contribution in [2.75, 3.05) is 0 Å². The van der Waals surface area contributed by atoms with Gasteiger partial charge in [-0.15, -0.1) is 0 Å². The van der Waals surface area contributed by atoms with E-state index >= 15 is 0 Å². The molecule has 1 spiro atoms. The van der Waals surface area contributed by atoms with Crippen LogP contribution >= 0.6 is 0 Å². The van der Waals surface area contributed by atoms with Gasteiger partial charge in [0, 0.05) is 21.5 Å². The zero-order chi connectivity index (χ0) is 31.8. The Balaban J connectivity index is 1.16. The first kappa shape index (κ1) is 25.6. The third-order valence-electron chi connectivity index (χ3n) is 11.2. The summed E-state index contributed by atoms with van der Waals surface area (Å²) in [5, 5.41) is 7.58. The minimum absolute atomic E-state index is 0.430. The van der Waals surface area contributed by atoms with Crippen molar-refractivity contribution in [1.82, 2.24) is 19.1 Å². The van der Waals surface area contributed by atoms with Crippen LogP contribution in [0, 0.1) is 0 Å². The van der Waals surface area contributed by atoms with E-state index < -0.39 is 5.41 Å². The quantitative estimate of drug-likeness (QED) is 0.192. The molecule has 3 heterocycles. The Bertz CT molecular complexity index is 2950. The van der Waals surface area contributed by atoms with E-state index in [1.807, 2.05) is 12.4 Å². The highest BCUT2D eigenvalue weighted by atomic mass is 15.2. The minimum atomic E-state index is -0.430. The van der Waals surface area contributed by atoms with E-state index in [-0.39, 0.29) is 0 Å². The molecule has 4 nitrogen and oxygen atoms in total. The van der Waals surface area contributed by atoms with E-state index in [2.05, 4.69) is 155 Å². The summed E-state index contributed by atoms with van der Waals surface area (Å²) in [6, 6.07) is 53.3. The van der Waals surface area contributed by atoms with Gasteiger partial charge in [0.15, 0.2) is 0 Å². The van der Waals surface area contributed by atoms with E-state index in [1.165, 1.54) is 65.7 Å². The molecule has 226 valence electrons. The lowest BCUT2D eigenvalue weighted by Gasteiger charge is -2.37. The highest BCUT2D eigenvalue weighted by molar-refractivity contribution is 6.26. The van der Waals surface area contributed by atoms with Crippen molar-refractivity contribution in [2.45, 2.75) is 5.41 Å². The molecule has 2 aliphatic carbocycles. The van der Waals surface area contributed by atoms with Crippen molar-refractivity contribution in [3.8, 4) is 22.8 Å². The van der Waals surface area contributed by atoms with Crippen molar-refractivity contribution < 1.29 is 0 Å². The maximum Gasteiger partial charge on any atom is 0.234 e. The van der Waals surface area contributed by atoms with Crippen LogP contribution in [0.15, 0.2) is 158 Å². The van der Waals surface area contributed by atoms with E-state index in [1.54, 1.807) is 0 Å². The fourth-order valence-electron chi connectivity index (χ4n) is 9.47. The van der Waals surface area contributed by atoms with E-state index in [0.29, 0.717) is 5.95 Å². The standard InChI is InChI=1S/C45H26N4/c1-5-16-33-29(12-1)30-13-2-6-17-34(30)45(33)35-18-9-11-27-23-24-40-43(41(27)35)42-36(45)19-10-22-39(42)49(40)44-46-25-28(26-47-44)48-37-20-7-3-14-31(37)32-15-4-8-21-38(32)48/h1-26H. The number of fused-ring (bicyclic) bond motifs is 10. The van der Waals surface area contributed by atoms with Gasteiger partial charge < -0.3 is 4.57 Å². The molecule has 12 rings (SSSR count). The largest absolute Gasteiger partial charge is 0.306 e. The lowest BCUT2D eigenvalue weighted by molar-refractivity contribution is 0.783. The molecule has 0 atom stereocenters. The molecule has 0 radical (unpaired) electrons. The van der Waals surface area contributed by atoms with Crippen molar-refractivity contribution in [1.29, 1.82) is 0 Å². The van der Waals surface area contributed by atoms with Gasteiger partial charge in [0.25, 0.3) is 0 Å². The number of hydrogen-bond acceptors (Lipinski definition) is 2. The first-order valence-electron chi connectivity index (χ1n) is 16.8. The Morgan fingerprint density at radius 3 is 1.61 bits per heavy atom. The van der Waals surface area contributed by atoms with Gasteiger partial charge in [-0.3, -0.25) is 4.57 Å². The summed E-state index contributed by atoms with van der Waals surface area (Å²) in [7, 11) is 0. The predicted molar refractivity (Wildman–Crippen MR) is 199 cm³/mol. The van der Waals surface area contributed by atoms with Crippen LogP contribution < -0.4 is 0 Å². The second-order valence-corrected chi connectivity index (χ2v) is 13.4. The van der Waals surface area contributed by atoms with Gasteiger partial charge >= 0.3 is 0 Å². The SMILES string of the molecule is c1ccc2c(c1)-c1ccccc1C21c2cccc3ccc4c(c23)c2c1cccc2n4-c1ncc(-n2c3ccccc3c3ccccc32)cn1. The minimum Gasteiger partial charge on any atom is -0.306 e. The molecule has 2 aliphatic rings. The van der Waals surface area contributed by atoms with Crippen LogP contribution in [0.4, 0.5) is 0 Å². The van der Waals surface area contributed by atoms with Gasteiger partial charge in [0.1, 0.15) is 0 Å². The summed E-state index contributed by atoms with van der Waals surface area (Å²) >= 11 is 0. The van der Waals surface area contributed by atoms with Crippen LogP contribution in [0.2, 0.25) is 0 Å². The number of aromatic nitrogens is 4. The lowest BCUT2D eigenvalue weighted by atomic mass is 9.63. The molecular formula is C45H26N4. The number of nitrogens with zero attached hydrogens (tertiary/aromatic N) is 4. The van der Waals surface area contributed by atoms with Crippen LogP contribution in [-0.4, -0.2) is 19.1 Å². The van der Waals surface area contributed by atoms with Crippen LogP contribution in [0.25, 0.3) is 77.1 Å². The van der Waals surface area contributed by atoms with Gasteiger partial charge in [-0.1, -0.05) is 121 Å². The smallest absolute Gasteiger partial charge is 0.234 e. The number of para-hydroxylation sites is 2. The van der Waals surface area contributed by atoms with E-state index in [4.69, 9.17) is 9.97 Å². The summed E-state index contributed by atoms with van der Waals surface area (Å²) in [5.41, 5.74) is 13.0. The summed E-state index contributed by atoms with van der Waals surface area (Å²) in [5.74, 6) is 0.668. The Labute approximate surface area is 281 Å². The molecule has 0 fully saturated rings. The highest BCUT2D eigenvalue weighted by Crippen LogP contribution is 2.61. The van der Waals surface area contributed by atoms with Crippen LogP contribution in [0.1, 0.15) is 22.3 Å². The van der Waals surface area contributed by atoms with Gasteiger partial charge in [0.05, 0.1) is 45.6 Å². The second-order valence-electron chi connectivity index (χ2n) is 13.4. The first-order chi connectivity index (χ1) is 24.3. The van der Waals surface area contributed by atoms with Crippen LogP contribution in [0.5, 0.6) is 0 Å². The summed E-state index contributed by atoms with van der Waals surface area (Å²) in [6.07, 6.45) is 3.94. The zero-order valence-electron chi connectivity index (χ0n) is 26.3. The predicted octanol–water partition coefficient (Wildman–Crippen LogP) is 10.5. The Kier molecular flexibility index (Phi) is 4.63. The molecule has 49 heavy (non-hydrogen) atoms. The third-order valence-corrected chi connectivity index (χ3v) is 11.2. The van der Waals surface area contributed by atoms with Gasteiger partial charge in [0.2, 0.25) is 5.95 Å². The summed E-state index contributed by atoms with van der Waals surface area (Å²) < 4.78 is 4.54. The summed E-state index contributed by atoms with van der Waals surface area (Å²) in [6.45, 7) is 0. The fraction of sp³-hybridized carbons (Fsp3) is 0.0222. The first-order valence-corrected chi connectivity index (χ1v) is 16.8. The molecule has 0 bridgehead atoms. The van der Waals surface area contributed by atoms with Crippen molar-refractivity contribution >= 4 is 54.4 Å².